The lowest BCUT2D eigenvalue weighted by atomic mass is 10.2. The molecule has 1 aromatic heterocycles. The summed E-state index contributed by atoms with van der Waals surface area (Å²) in [5, 5.41) is 4.59. The number of ether oxygens (including phenoxy) is 1. The Bertz CT molecular complexity index is 448. The lowest BCUT2D eigenvalue weighted by Gasteiger charge is -2.03. The smallest absolute Gasteiger partial charge is 0.336 e. The molecule has 2 heterocycles. The lowest BCUT2D eigenvalue weighted by Crippen LogP contribution is -2.13. The molecule has 0 aromatic carbocycles. The van der Waals surface area contributed by atoms with E-state index < -0.39 is 5.97 Å². The van der Waals surface area contributed by atoms with Crippen molar-refractivity contribution in [1.29, 1.82) is 0 Å². The highest BCUT2D eigenvalue weighted by atomic mass is 32.1. The van der Waals surface area contributed by atoms with Crippen molar-refractivity contribution < 1.29 is 14.3 Å². The Morgan fingerprint density at radius 1 is 1.62 bits per heavy atom. The Balaban J connectivity index is 2.33. The standard InChI is InChI=1S/C11H11NO3S/c1-2-15-11(14)7-6-9(13)12-10(7)8-4-3-5-16-8/h3-5H,2,6H2,1H3,(H,12,13). The molecule has 2 rings (SSSR count). The molecule has 5 heteroatoms. The van der Waals surface area contributed by atoms with Gasteiger partial charge in [-0.15, -0.1) is 11.3 Å². The molecule has 0 bridgehead atoms. The minimum Gasteiger partial charge on any atom is -0.463 e. The molecule has 1 aliphatic heterocycles. The summed E-state index contributed by atoms with van der Waals surface area (Å²) < 4.78 is 4.92. The van der Waals surface area contributed by atoms with Crippen LogP contribution in [0.5, 0.6) is 0 Å². The summed E-state index contributed by atoms with van der Waals surface area (Å²) in [6, 6.07) is 3.74. The number of hydrogen-bond donors (Lipinski definition) is 1. The molecule has 0 atom stereocenters. The predicted molar refractivity (Wildman–Crippen MR) is 60.6 cm³/mol. The number of nitrogens with one attached hydrogen (secondary N) is 1. The Labute approximate surface area is 96.9 Å². The van der Waals surface area contributed by atoms with Crippen molar-refractivity contribution in [3.05, 3.63) is 28.0 Å². The third kappa shape index (κ3) is 1.99. The number of thiophene rings is 1. The molecule has 1 amide bonds. The summed E-state index contributed by atoms with van der Waals surface area (Å²) >= 11 is 1.48. The number of esters is 1. The molecular weight excluding hydrogens is 226 g/mol. The topological polar surface area (TPSA) is 55.4 Å². The van der Waals surface area contributed by atoms with Gasteiger partial charge in [0, 0.05) is 0 Å². The molecule has 0 unspecified atom stereocenters. The SMILES string of the molecule is CCOC(=O)C1=C(c2cccs2)NC(=O)C1. The third-order valence-electron chi connectivity index (χ3n) is 2.19. The summed E-state index contributed by atoms with van der Waals surface area (Å²) in [4.78, 5) is 23.8. The van der Waals surface area contributed by atoms with Gasteiger partial charge in [-0.3, -0.25) is 4.79 Å². The highest BCUT2D eigenvalue weighted by Gasteiger charge is 2.28. The third-order valence-corrected chi connectivity index (χ3v) is 3.08. The quantitative estimate of drug-likeness (QED) is 0.811. The van der Waals surface area contributed by atoms with Crippen LogP contribution in [0.2, 0.25) is 0 Å². The molecule has 1 N–H and O–H groups in total. The molecule has 1 aromatic rings. The van der Waals surface area contributed by atoms with Gasteiger partial charge < -0.3 is 10.1 Å². The maximum atomic E-state index is 11.6. The maximum absolute atomic E-state index is 11.6. The van der Waals surface area contributed by atoms with Crippen LogP contribution in [-0.2, 0) is 14.3 Å². The molecule has 84 valence electrons. The van der Waals surface area contributed by atoms with Gasteiger partial charge in [0.15, 0.2) is 0 Å². The van der Waals surface area contributed by atoms with Crippen molar-refractivity contribution in [2.75, 3.05) is 6.61 Å². The first-order chi connectivity index (χ1) is 7.72. The van der Waals surface area contributed by atoms with E-state index in [2.05, 4.69) is 5.32 Å². The second kappa shape index (κ2) is 4.49. The van der Waals surface area contributed by atoms with E-state index in [4.69, 9.17) is 4.74 Å². The van der Waals surface area contributed by atoms with E-state index in [0.29, 0.717) is 17.9 Å². The Morgan fingerprint density at radius 2 is 2.44 bits per heavy atom. The van der Waals surface area contributed by atoms with Crippen LogP contribution < -0.4 is 5.32 Å². The summed E-state index contributed by atoms with van der Waals surface area (Å²) in [5.74, 6) is -0.573. The molecule has 4 nitrogen and oxygen atoms in total. The molecular formula is C11H11NO3S. The van der Waals surface area contributed by atoms with E-state index in [1.165, 1.54) is 11.3 Å². The van der Waals surface area contributed by atoms with Gasteiger partial charge in [0.2, 0.25) is 5.91 Å². The predicted octanol–water partition coefficient (Wildman–Crippen LogP) is 1.54. The zero-order valence-electron chi connectivity index (χ0n) is 8.78. The fourth-order valence-corrected chi connectivity index (χ4v) is 2.28. The van der Waals surface area contributed by atoms with Gasteiger partial charge in [-0.05, 0) is 18.4 Å². The molecule has 1 aliphatic rings. The zero-order valence-corrected chi connectivity index (χ0v) is 9.60. The highest BCUT2D eigenvalue weighted by Crippen LogP contribution is 2.27. The van der Waals surface area contributed by atoms with E-state index in [0.717, 1.165) is 4.88 Å². The van der Waals surface area contributed by atoms with Crippen molar-refractivity contribution in [2.45, 2.75) is 13.3 Å². The fourth-order valence-electron chi connectivity index (χ4n) is 1.53. The Morgan fingerprint density at radius 3 is 3.06 bits per heavy atom. The molecule has 0 spiro atoms. The first-order valence-electron chi connectivity index (χ1n) is 4.96. The van der Waals surface area contributed by atoms with Crippen LogP contribution in [0, 0.1) is 0 Å². The molecule has 0 radical (unpaired) electrons. The molecule has 16 heavy (non-hydrogen) atoms. The first-order valence-corrected chi connectivity index (χ1v) is 5.84. The normalized spacial score (nSPS) is 15.2. The number of carbonyl (C=O) groups is 2. The zero-order chi connectivity index (χ0) is 11.5. The summed E-state index contributed by atoms with van der Waals surface area (Å²) in [6.07, 6.45) is 0.103. The monoisotopic (exact) mass is 237 g/mol. The van der Waals surface area contributed by atoms with E-state index >= 15 is 0 Å². The van der Waals surface area contributed by atoms with Gasteiger partial charge in [0.25, 0.3) is 0 Å². The van der Waals surface area contributed by atoms with E-state index in [1.54, 1.807) is 6.92 Å². The van der Waals surface area contributed by atoms with E-state index in [1.807, 2.05) is 17.5 Å². The summed E-state index contributed by atoms with van der Waals surface area (Å²) in [7, 11) is 0. The van der Waals surface area contributed by atoms with Crippen LogP contribution in [-0.4, -0.2) is 18.5 Å². The second-order valence-corrected chi connectivity index (χ2v) is 4.22. The first kappa shape index (κ1) is 10.9. The lowest BCUT2D eigenvalue weighted by molar-refractivity contribution is -0.139. The Kier molecular flexibility index (Phi) is 3.05. The minimum absolute atomic E-state index is 0.103. The summed E-state index contributed by atoms with van der Waals surface area (Å²) in [6.45, 7) is 2.06. The number of carbonyl (C=O) groups excluding carboxylic acids is 2. The van der Waals surface area contributed by atoms with Gasteiger partial charge in [0.1, 0.15) is 0 Å². The van der Waals surface area contributed by atoms with E-state index in [-0.39, 0.29) is 12.3 Å². The molecule has 0 fully saturated rings. The van der Waals surface area contributed by atoms with Crippen LogP contribution in [0.1, 0.15) is 18.2 Å². The average Bonchev–Trinajstić information content (AvgIpc) is 2.85. The van der Waals surface area contributed by atoms with Crippen molar-refractivity contribution in [3.8, 4) is 0 Å². The van der Waals surface area contributed by atoms with Gasteiger partial charge in [-0.2, -0.15) is 0 Å². The van der Waals surface area contributed by atoms with Crippen molar-refractivity contribution in [3.63, 3.8) is 0 Å². The van der Waals surface area contributed by atoms with Crippen LogP contribution in [0.3, 0.4) is 0 Å². The van der Waals surface area contributed by atoms with Gasteiger partial charge in [0.05, 0.1) is 29.2 Å². The highest BCUT2D eigenvalue weighted by molar-refractivity contribution is 7.11. The number of amides is 1. The van der Waals surface area contributed by atoms with Crippen molar-refractivity contribution in [2.24, 2.45) is 0 Å². The minimum atomic E-state index is -0.413. The number of rotatable bonds is 3. The van der Waals surface area contributed by atoms with Crippen LogP contribution >= 0.6 is 11.3 Å². The number of hydrogen-bond acceptors (Lipinski definition) is 4. The molecule has 0 aliphatic carbocycles. The maximum Gasteiger partial charge on any atom is 0.336 e. The van der Waals surface area contributed by atoms with Gasteiger partial charge in [-0.25, -0.2) is 4.79 Å². The molecule has 0 saturated carbocycles. The summed E-state index contributed by atoms with van der Waals surface area (Å²) in [5.41, 5.74) is 1.02. The van der Waals surface area contributed by atoms with Crippen LogP contribution in [0.15, 0.2) is 23.1 Å². The van der Waals surface area contributed by atoms with E-state index in [9.17, 15) is 9.59 Å². The Hall–Kier alpha value is -1.62. The van der Waals surface area contributed by atoms with Crippen LogP contribution in [0.4, 0.5) is 0 Å². The fraction of sp³-hybridized carbons (Fsp3) is 0.273. The average molecular weight is 237 g/mol. The largest absolute Gasteiger partial charge is 0.463 e. The van der Waals surface area contributed by atoms with Gasteiger partial charge in [-0.1, -0.05) is 6.07 Å². The van der Waals surface area contributed by atoms with Crippen LogP contribution in [0.25, 0.3) is 5.70 Å². The molecule has 0 saturated heterocycles. The van der Waals surface area contributed by atoms with Crippen molar-refractivity contribution >= 4 is 28.9 Å². The van der Waals surface area contributed by atoms with Gasteiger partial charge >= 0.3 is 5.97 Å². The second-order valence-electron chi connectivity index (χ2n) is 3.28. The van der Waals surface area contributed by atoms with Crippen molar-refractivity contribution in [1.82, 2.24) is 5.32 Å².